The molecule has 118 valence electrons. The van der Waals surface area contributed by atoms with Crippen LogP contribution in [-0.4, -0.2) is 56.0 Å². The van der Waals surface area contributed by atoms with Gasteiger partial charge in [0.25, 0.3) is 5.91 Å². The van der Waals surface area contributed by atoms with Crippen molar-refractivity contribution in [3.05, 3.63) is 29.8 Å². The summed E-state index contributed by atoms with van der Waals surface area (Å²) in [5.41, 5.74) is 6.58. The molecule has 0 aromatic heterocycles. The van der Waals surface area contributed by atoms with Gasteiger partial charge >= 0.3 is 0 Å². The molecule has 21 heavy (non-hydrogen) atoms. The largest absolute Gasteiger partial charge is 0.483 e. The van der Waals surface area contributed by atoms with Crippen molar-refractivity contribution in [1.82, 2.24) is 9.80 Å². The first-order valence-corrected chi connectivity index (χ1v) is 7.41. The van der Waals surface area contributed by atoms with Crippen LogP contribution in [0.3, 0.4) is 0 Å². The number of likely N-dealkylation sites (N-methyl/N-ethyl adjacent to an activating group) is 1. The number of nitrogens with two attached hydrogens (primary N) is 1. The second kappa shape index (κ2) is 9.37. The molecule has 0 bridgehead atoms. The van der Waals surface area contributed by atoms with Gasteiger partial charge in [0.05, 0.1) is 0 Å². The predicted molar refractivity (Wildman–Crippen MR) is 85.3 cm³/mol. The molecular weight excluding hydrogens is 266 g/mol. The maximum Gasteiger partial charge on any atom is 0.260 e. The van der Waals surface area contributed by atoms with E-state index in [4.69, 9.17) is 10.5 Å². The molecule has 0 spiro atoms. The molecule has 0 heterocycles. The van der Waals surface area contributed by atoms with Crippen LogP contribution in [0.4, 0.5) is 0 Å². The van der Waals surface area contributed by atoms with Gasteiger partial charge in [0.2, 0.25) is 0 Å². The molecule has 1 aromatic carbocycles. The SMILES string of the molecule is CCCN(CCN(C)C)C(=O)COc1ccccc1CN. The minimum Gasteiger partial charge on any atom is -0.483 e. The number of rotatable bonds is 9. The Morgan fingerprint density at radius 2 is 1.90 bits per heavy atom. The van der Waals surface area contributed by atoms with Crippen LogP contribution in [0.5, 0.6) is 5.75 Å². The van der Waals surface area contributed by atoms with Gasteiger partial charge in [0.15, 0.2) is 6.61 Å². The van der Waals surface area contributed by atoms with Crippen LogP contribution < -0.4 is 10.5 Å². The number of amides is 1. The minimum absolute atomic E-state index is 0.0190. The third-order valence-electron chi connectivity index (χ3n) is 3.21. The van der Waals surface area contributed by atoms with Gasteiger partial charge in [-0.05, 0) is 26.6 Å². The first-order chi connectivity index (χ1) is 10.1. The van der Waals surface area contributed by atoms with Crippen LogP contribution in [0.1, 0.15) is 18.9 Å². The minimum atomic E-state index is 0.0190. The Morgan fingerprint density at radius 1 is 1.19 bits per heavy atom. The number of benzene rings is 1. The molecule has 5 heteroatoms. The maximum absolute atomic E-state index is 12.3. The summed E-state index contributed by atoms with van der Waals surface area (Å²) in [6.45, 7) is 4.87. The van der Waals surface area contributed by atoms with Crippen LogP contribution in [0, 0.1) is 0 Å². The highest BCUT2D eigenvalue weighted by atomic mass is 16.5. The van der Waals surface area contributed by atoms with Crippen molar-refractivity contribution in [3.8, 4) is 5.75 Å². The zero-order valence-electron chi connectivity index (χ0n) is 13.3. The Kier molecular flexibility index (Phi) is 7.79. The number of ether oxygens (including phenoxy) is 1. The highest BCUT2D eigenvalue weighted by Gasteiger charge is 2.14. The van der Waals surface area contributed by atoms with E-state index >= 15 is 0 Å². The van der Waals surface area contributed by atoms with E-state index in [1.54, 1.807) is 0 Å². The summed E-state index contributed by atoms with van der Waals surface area (Å²) in [5, 5.41) is 0. The lowest BCUT2D eigenvalue weighted by Crippen LogP contribution is -2.39. The van der Waals surface area contributed by atoms with Crippen LogP contribution in [0.2, 0.25) is 0 Å². The molecule has 0 unspecified atom stereocenters. The van der Waals surface area contributed by atoms with Crippen LogP contribution >= 0.6 is 0 Å². The summed E-state index contributed by atoms with van der Waals surface area (Å²) in [4.78, 5) is 16.2. The van der Waals surface area contributed by atoms with Crippen molar-refractivity contribution in [3.63, 3.8) is 0 Å². The highest BCUT2D eigenvalue weighted by molar-refractivity contribution is 5.77. The van der Waals surface area contributed by atoms with Crippen LogP contribution in [-0.2, 0) is 11.3 Å². The molecule has 0 aliphatic carbocycles. The van der Waals surface area contributed by atoms with Crippen LogP contribution in [0.25, 0.3) is 0 Å². The van der Waals surface area contributed by atoms with E-state index < -0.39 is 0 Å². The first-order valence-electron chi connectivity index (χ1n) is 7.41. The van der Waals surface area contributed by atoms with Gasteiger partial charge in [-0.25, -0.2) is 0 Å². The lowest BCUT2D eigenvalue weighted by molar-refractivity contribution is -0.133. The number of nitrogens with zero attached hydrogens (tertiary/aromatic N) is 2. The molecule has 0 saturated heterocycles. The molecule has 0 fully saturated rings. The Bertz CT molecular complexity index is 435. The molecular formula is C16H27N3O2. The lowest BCUT2D eigenvalue weighted by Gasteiger charge is -2.24. The molecule has 0 aliphatic heterocycles. The van der Waals surface area contributed by atoms with Gasteiger partial charge in [-0.2, -0.15) is 0 Å². The molecule has 5 nitrogen and oxygen atoms in total. The average Bonchev–Trinajstić information content (AvgIpc) is 2.49. The van der Waals surface area contributed by atoms with Gasteiger partial charge in [-0.3, -0.25) is 4.79 Å². The van der Waals surface area contributed by atoms with E-state index in [1.165, 1.54) is 0 Å². The predicted octanol–water partition coefficient (Wildman–Crippen LogP) is 1.32. The summed E-state index contributed by atoms with van der Waals surface area (Å²) in [7, 11) is 4.01. The summed E-state index contributed by atoms with van der Waals surface area (Å²) in [5.74, 6) is 0.711. The molecule has 0 radical (unpaired) electrons. The first kappa shape index (κ1) is 17.5. The van der Waals surface area contributed by atoms with Gasteiger partial charge in [0.1, 0.15) is 5.75 Å². The Hall–Kier alpha value is -1.59. The van der Waals surface area contributed by atoms with Gasteiger partial charge in [-0.1, -0.05) is 25.1 Å². The van der Waals surface area contributed by atoms with Crippen molar-refractivity contribution >= 4 is 5.91 Å². The topological polar surface area (TPSA) is 58.8 Å². The van der Waals surface area contributed by atoms with Crippen LogP contribution in [0.15, 0.2) is 24.3 Å². The molecule has 0 saturated carbocycles. The second-order valence-corrected chi connectivity index (χ2v) is 5.28. The third kappa shape index (κ3) is 6.14. The van der Waals surface area contributed by atoms with Gasteiger partial charge in [-0.15, -0.1) is 0 Å². The fourth-order valence-electron chi connectivity index (χ4n) is 2.00. The Balaban J connectivity index is 2.56. The third-order valence-corrected chi connectivity index (χ3v) is 3.21. The summed E-state index contributed by atoms with van der Waals surface area (Å²) < 4.78 is 5.64. The quantitative estimate of drug-likeness (QED) is 0.746. The molecule has 1 rings (SSSR count). The van der Waals surface area contributed by atoms with E-state index in [2.05, 4.69) is 11.8 Å². The van der Waals surface area contributed by atoms with E-state index in [9.17, 15) is 4.79 Å². The zero-order chi connectivity index (χ0) is 15.7. The summed E-state index contributed by atoms with van der Waals surface area (Å²) in [6, 6.07) is 7.56. The molecule has 2 N–H and O–H groups in total. The number of hydrogen-bond acceptors (Lipinski definition) is 4. The number of para-hydroxylation sites is 1. The van der Waals surface area contributed by atoms with Crippen molar-refractivity contribution in [1.29, 1.82) is 0 Å². The maximum atomic E-state index is 12.3. The highest BCUT2D eigenvalue weighted by Crippen LogP contribution is 2.17. The normalized spacial score (nSPS) is 10.7. The van der Waals surface area contributed by atoms with Crippen molar-refractivity contribution in [2.24, 2.45) is 5.73 Å². The van der Waals surface area contributed by atoms with E-state index in [0.717, 1.165) is 31.6 Å². The van der Waals surface area contributed by atoms with E-state index in [1.807, 2.05) is 43.3 Å². The lowest BCUT2D eigenvalue weighted by atomic mass is 10.2. The fourth-order valence-corrected chi connectivity index (χ4v) is 2.00. The molecule has 1 amide bonds. The monoisotopic (exact) mass is 293 g/mol. The van der Waals surface area contributed by atoms with Crippen molar-refractivity contribution in [2.75, 3.05) is 40.3 Å². The molecule has 1 aromatic rings. The van der Waals surface area contributed by atoms with Gasteiger partial charge < -0.3 is 20.3 Å². The Labute approximate surface area is 127 Å². The number of hydrogen-bond donors (Lipinski definition) is 1. The molecule has 0 atom stereocenters. The number of carbonyl (C=O) groups is 1. The second-order valence-electron chi connectivity index (χ2n) is 5.28. The fraction of sp³-hybridized carbons (Fsp3) is 0.562. The smallest absolute Gasteiger partial charge is 0.260 e. The average molecular weight is 293 g/mol. The number of carbonyl (C=O) groups excluding carboxylic acids is 1. The van der Waals surface area contributed by atoms with Gasteiger partial charge in [0, 0.05) is 31.7 Å². The van der Waals surface area contributed by atoms with E-state index in [-0.39, 0.29) is 12.5 Å². The Morgan fingerprint density at radius 3 is 2.52 bits per heavy atom. The summed E-state index contributed by atoms with van der Waals surface area (Å²) >= 11 is 0. The van der Waals surface area contributed by atoms with Crippen molar-refractivity contribution < 1.29 is 9.53 Å². The zero-order valence-corrected chi connectivity index (χ0v) is 13.3. The summed E-state index contributed by atoms with van der Waals surface area (Å²) in [6.07, 6.45) is 0.943. The van der Waals surface area contributed by atoms with E-state index in [0.29, 0.717) is 12.3 Å². The molecule has 0 aliphatic rings. The standard InChI is InChI=1S/C16H27N3O2/c1-4-9-19(11-10-18(2)3)16(20)13-21-15-8-6-5-7-14(15)12-17/h5-8H,4,9-13,17H2,1-3H3. The van der Waals surface area contributed by atoms with Crippen molar-refractivity contribution in [2.45, 2.75) is 19.9 Å².